The highest BCUT2D eigenvalue weighted by Gasteiger charge is 2.46. The zero-order valence-electron chi connectivity index (χ0n) is 17.6. The predicted molar refractivity (Wildman–Crippen MR) is 122 cm³/mol. The molecule has 0 spiro atoms. The molecule has 1 fully saturated rings. The zero-order valence-corrected chi connectivity index (χ0v) is 18.4. The lowest BCUT2D eigenvalue weighted by Crippen LogP contribution is -2.13. The van der Waals surface area contributed by atoms with Crippen molar-refractivity contribution in [2.45, 2.75) is 67.1 Å². The lowest BCUT2D eigenvalue weighted by Gasteiger charge is -2.16. The summed E-state index contributed by atoms with van der Waals surface area (Å²) in [5.74, 6) is 1.00. The van der Waals surface area contributed by atoms with Gasteiger partial charge < -0.3 is 9.52 Å². The largest absolute Gasteiger partial charge is 0.506 e. The molecule has 3 nitrogen and oxygen atoms in total. The van der Waals surface area contributed by atoms with E-state index in [0.717, 1.165) is 42.6 Å². The quantitative estimate of drug-likeness (QED) is 0.442. The molecule has 1 aliphatic carbocycles. The van der Waals surface area contributed by atoms with Gasteiger partial charge in [0.2, 0.25) is 0 Å². The van der Waals surface area contributed by atoms with Crippen LogP contribution in [0.3, 0.4) is 0 Å². The van der Waals surface area contributed by atoms with Gasteiger partial charge in [0, 0.05) is 16.4 Å². The Bertz CT molecular complexity index is 1070. The molecule has 1 heterocycles. The first-order chi connectivity index (χ1) is 14.5. The minimum atomic E-state index is -0.442. The van der Waals surface area contributed by atoms with E-state index in [2.05, 4.69) is 44.2 Å². The Balaban J connectivity index is 1.51. The molecule has 0 radical (unpaired) electrons. The molecule has 30 heavy (non-hydrogen) atoms. The standard InChI is InChI=1S/C26H28O3S/c1-18(2)20-12-6-7-13-22(20)30-24-21(27)17-23(29-25(24)28)26(15-16-26)14-8-11-19-9-4-3-5-10-19/h3-7,9-10,12-13,17-18,27H,8,11,14-16H2,1-2H3. The van der Waals surface area contributed by atoms with Crippen LogP contribution in [0, 0.1) is 0 Å². The van der Waals surface area contributed by atoms with Crippen molar-refractivity contribution in [3.05, 3.63) is 88.0 Å². The fourth-order valence-electron chi connectivity index (χ4n) is 4.03. The molecular formula is C26H28O3S. The van der Waals surface area contributed by atoms with Gasteiger partial charge in [-0.05, 0) is 55.2 Å². The molecule has 156 valence electrons. The van der Waals surface area contributed by atoms with Crippen LogP contribution < -0.4 is 5.63 Å². The average molecular weight is 421 g/mol. The summed E-state index contributed by atoms with van der Waals surface area (Å²) in [4.78, 5) is 14.0. The first-order valence-corrected chi connectivity index (χ1v) is 11.5. The number of aryl methyl sites for hydroxylation is 1. The Kier molecular flexibility index (Phi) is 6.05. The molecule has 1 N–H and O–H groups in total. The Hall–Kier alpha value is -2.46. The number of rotatable bonds is 8. The van der Waals surface area contributed by atoms with Crippen molar-refractivity contribution in [2.75, 3.05) is 0 Å². The lowest BCUT2D eigenvalue weighted by atomic mass is 9.94. The summed E-state index contributed by atoms with van der Waals surface area (Å²) in [5, 5.41) is 10.7. The Labute approximate surface area is 182 Å². The molecule has 2 aromatic carbocycles. The van der Waals surface area contributed by atoms with Gasteiger partial charge in [0.05, 0.1) is 0 Å². The smallest absolute Gasteiger partial charge is 0.353 e. The van der Waals surface area contributed by atoms with Crippen molar-refractivity contribution in [3.63, 3.8) is 0 Å². The topological polar surface area (TPSA) is 50.4 Å². The van der Waals surface area contributed by atoms with Crippen LogP contribution >= 0.6 is 11.8 Å². The van der Waals surface area contributed by atoms with Gasteiger partial charge in [-0.25, -0.2) is 4.79 Å². The molecule has 0 unspecified atom stereocenters. The van der Waals surface area contributed by atoms with Gasteiger partial charge in [0.1, 0.15) is 16.4 Å². The molecule has 1 aromatic heterocycles. The molecular weight excluding hydrogens is 392 g/mol. The fourth-order valence-corrected chi connectivity index (χ4v) is 5.11. The van der Waals surface area contributed by atoms with Crippen LogP contribution in [-0.2, 0) is 11.8 Å². The van der Waals surface area contributed by atoms with Gasteiger partial charge in [0.25, 0.3) is 0 Å². The molecule has 4 heteroatoms. The van der Waals surface area contributed by atoms with Gasteiger partial charge in [-0.15, -0.1) is 0 Å². The van der Waals surface area contributed by atoms with Crippen LogP contribution in [-0.4, -0.2) is 5.11 Å². The number of benzene rings is 2. The second kappa shape index (κ2) is 8.73. The average Bonchev–Trinajstić information content (AvgIpc) is 3.52. The summed E-state index contributed by atoms with van der Waals surface area (Å²) in [5.41, 5.74) is 1.95. The Morgan fingerprint density at radius 2 is 1.77 bits per heavy atom. The van der Waals surface area contributed by atoms with E-state index in [0.29, 0.717) is 11.7 Å². The molecule has 0 aliphatic heterocycles. The van der Waals surface area contributed by atoms with E-state index in [1.807, 2.05) is 24.3 Å². The maximum atomic E-state index is 12.8. The van der Waals surface area contributed by atoms with E-state index in [1.54, 1.807) is 6.07 Å². The second-order valence-electron chi connectivity index (χ2n) is 8.53. The highest BCUT2D eigenvalue weighted by atomic mass is 32.2. The van der Waals surface area contributed by atoms with Crippen LogP contribution in [0.4, 0.5) is 0 Å². The van der Waals surface area contributed by atoms with E-state index in [1.165, 1.54) is 17.3 Å². The molecule has 4 rings (SSSR count). The summed E-state index contributed by atoms with van der Waals surface area (Å²) in [6.07, 6.45) is 5.03. The Morgan fingerprint density at radius 3 is 2.43 bits per heavy atom. The van der Waals surface area contributed by atoms with Crippen molar-refractivity contribution in [3.8, 4) is 5.75 Å². The first kappa shape index (κ1) is 20.8. The third-order valence-corrected chi connectivity index (χ3v) is 7.15. The molecule has 0 bridgehead atoms. The van der Waals surface area contributed by atoms with Crippen molar-refractivity contribution in [1.82, 2.24) is 0 Å². The predicted octanol–water partition coefficient (Wildman–Crippen LogP) is 6.67. The second-order valence-corrected chi connectivity index (χ2v) is 9.58. The molecule has 0 atom stereocenters. The maximum absolute atomic E-state index is 12.8. The van der Waals surface area contributed by atoms with Crippen molar-refractivity contribution >= 4 is 11.8 Å². The maximum Gasteiger partial charge on any atom is 0.353 e. The van der Waals surface area contributed by atoms with E-state index in [4.69, 9.17) is 4.42 Å². The zero-order chi connectivity index (χ0) is 21.1. The van der Waals surface area contributed by atoms with Gasteiger partial charge in [0.15, 0.2) is 0 Å². The van der Waals surface area contributed by atoms with Crippen molar-refractivity contribution in [1.29, 1.82) is 0 Å². The monoisotopic (exact) mass is 420 g/mol. The molecule has 1 saturated carbocycles. The van der Waals surface area contributed by atoms with Crippen molar-refractivity contribution < 1.29 is 9.52 Å². The summed E-state index contributed by atoms with van der Waals surface area (Å²) in [6, 6.07) is 20.1. The van der Waals surface area contributed by atoms with Crippen LogP contribution in [0.5, 0.6) is 5.75 Å². The van der Waals surface area contributed by atoms with Gasteiger partial charge in [-0.2, -0.15) is 0 Å². The third-order valence-electron chi connectivity index (χ3n) is 5.98. The highest BCUT2D eigenvalue weighted by molar-refractivity contribution is 7.99. The summed E-state index contributed by atoms with van der Waals surface area (Å²) in [7, 11) is 0. The minimum absolute atomic E-state index is 0.0270. The normalized spacial score (nSPS) is 14.8. The SMILES string of the molecule is CC(C)c1ccccc1Sc1c(O)cc(C2(CCCc3ccccc3)CC2)oc1=O. The van der Waals surface area contributed by atoms with Crippen LogP contribution in [0.1, 0.15) is 62.3 Å². The first-order valence-electron chi connectivity index (χ1n) is 10.7. The van der Waals surface area contributed by atoms with Gasteiger partial charge >= 0.3 is 5.63 Å². The lowest BCUT2D eigenvalue weighted by molar-refractivity contribution is 0.363. The van der Waals surface area contributed by atoms with Crippen LogP contribution in [0.2, 0.25) is 0 Å². The molecule has 1 aliphatic rings. The van der Waals surface area contributed by atoms with Crippen molar-refractivity contribution in [2.24, 2.45) is 0 Å². The third kappa shape index (κ3) is 4.49. The molecule has 0 saturated heterocycles. The molecule has 3 aromatic rings. The summed E-state index contributed by atoms with van der Waals surface area (Å²) >= 11 is 1.29. The number of hydrogen-bond donors (Lipinski definition) is 1. The fraction of sp³-hybridized carbons (Fsp3) is 0.346. The van der Waals surface area contributed by atoms with Gasteiger partial charge in [-0.1, -0.05) is 74.1 Å². The van der Waals surface area contributed by atoms with Gasteiger partial charge in [-0.3, -0.25) is 0 Å². The minimum Gasteiger partial charge on any atom is -0.506 e. The number of hydrogen-bond acceptors (Lipinski definition) is 4. The Morgan fingerprint density at radius 1 is 1.07 bits per heavy atom. The van der Waals surface area contributed by atoms with E-state index >= 15 is 0 Å². The summed E-state index contributed by atoms with van der Waals surface area (Å²) in [6.45, 7) is 4.24. The van der Waals surface area contributed by atoms with Crippen LogP contribution in [0.25, 0.3) is 0 Å². The highest BCUT2D eigenvalue weighted by Crippen LogP contribution is 2.52. The van der Waals surface area contributed by atoms with E-state index in [-0.39, 0.29) is 16.1 Å². The number of aromatic hydroxyl groups is 1. The molecule has 0 amide bonds. The van der Waals surface area contributed by atoms with Crippen LogP contribution in [0.15, 0.2) is 79.7 Å². The van der Waals surface area contributed by atoms with E-state index in [9.17, 15) is 9.90 Å². The van der Waals surface area contributed by atoms with E-state index < -0.39 is 5.63 Å². The summed E-state index contributed by atoms with van der Waals surface area (Å²) < 4.78 is 5.76.